The van der Waals surface area contributed by atoms with Crippen molar-refractivity contribution in [3.8, 4) is 0 Å². The number of carbonyl (C=O) groups excluding carboxylic acids is 4. The number of carbonyl (C=O) groups is 4. The molecule has 3 aromatic rings. The maximum Gasteiger partial charge on any atom is 0.346 e. The molecule has 0 bridgehead atoms. The molecule has 8 nitrogen and oxygen atoms in total. The predicted molar refractivity (Wildman–Crippen MR) is 267 cm³/mol. The van der Waals surface area contributed by atoms with Crippen LogP contribution in [0.25, 0.3) is 30.0 Å². The standard InChI is InChI=1S/C40H24O8S12/c1-45-31(41)27-28(32(42)46-2)50-21(49-27)13-15-23-53-37-38(54-23)58-35(57-37)25-17-9-5-7-11-19(17)26(20-12-8-6-10-18(20)25)36-59-39-40(60-36)56-24(55-39)16-14-22-51-29(33(43)47-3)30(52-22)34(44)48-4/h5-16H,1-4H3. The lowest BCUT2D eigenvalue weighted by molar-refractivity contribution is -0.138. The first-order chi connectivity index (χ1) is 29.2. The Morgan fingerprint density at radius 2 is 0.583 bits per heavy atom. The largest absolute Gasteiger partial charge is 0.465 e. The van der Waals surface area contributed by atoms with Crippen LogP contribution in [0.15, 0.2) is 126 Å². The second-order valence-corrected chi connectivity index (χ2v) is 27.1. The molecule has 0 aliphatic carbocycles. The Hall–Kier alpha value is -2.08. The van der Waals surface area contributed by atoms with Gasteiger partial charge >= 0.3 is 23.9 Å². The van der Waals surface area contributed by atoms with Gasteiger partial charge in [-0.25, -0.2) is 19.2 Å². The van der Waals surface area contributed by atoms with Crippen LogP contribution in [0, 0.1) is 0 Å². The second-order valence-electron chi connectivity index (χ2n) is 12.0. The number of benzene rings is 3. The Kier molecular flexibility index (Phi) is 13.4. The SMILES string of the molecule is COC(=O)C1=C(C(=O)OC)SC(=CC=C2SC3=C(S2)SC(=c2c4ccccc4c(=C4SC5=C(SC(=CC=C6SC(C(=O)OC)=C(C(=O)OC)S6)S5)S4)c4ccccc24)S3)S1. The molecule has 6 heterocycles. The van der Waals surface area contributed by atoms with E-state index in [2.05, 4.69) is 48.5 Å². The third-order valence-electron chi connectivity index (χ3n) is 8.61. The third kappa shape index (κ3) is 8.37. The molecule has 6 aliphatic heterocycles. The molecule has 0 aromatic heterocycles. The molecule has 3 aromatic carbocycles. The molecule has 304 valence electrons. The van der Waals surface area contributed by atoms with Crippen molar-refractivity contribution >= 4 is 195 Å². The van der Waals surface area contributed by atoms with Crippen LogP contribution in [0.5, 0.6) is 0 Å². The Labute approximate surface area is 394 Å². The van der Waals surface area contributed by atoms with Crippen molar-refractivity contribution in [2.24, 2.45) is 0 Å². The number of hydrogen-bond acceptors (Lipinski definition) is 20. The minimum Gasteiger partial charge on any atom is -0.465 e. The fraction of sp³-hybridized carbons (Fsp3) is 0.100. The molecular weight excluding hydrogens is 993 g/mol. The molecule has 6 aliphatic rings. The van der Waals surface area contributed by atoms with E-state index in [9.17, 15) is 19.2 Å². The molecule has 0 amide bonds. The van der Waals surface area contributed by atoms with Crippen molar-refractivity contribution in [2.75, 3.05) is 28.4 Å². The summed E-state index contributed by atoms with van der Waals surface area (Å²) < 4.78 is 30.9. The number of thioether (sulfide) groups is 12. The minimum absolute atomic E-state index is 0.243. The van der Waals surface area contributed by atoms with E-state index in [0.29, 0.717) is 0 Å². The summed E-state index contributed by atoms with van der Waals surface area (Å²) >= 11 is 19.1. The molecule has 9 rings (SSSR count). The Balaban J connectivity index is 0.960. The summed E-state index contributed by atoms with van der Waals surface area (Å²) in [5, 5.41) is 7.36. The van der Waals surface area contributed by atoms with Crippen LogP contribution in [-0.2, 0) is 38.1 Å². The maximum absolute atomic E-state index is 12.3. The highest BCUT2D eigenvalue weighted by atomic mass is 32.3. The molecule has 0 fully saturated rings. The smallest absolute Gasteiger partial charge is 0.346 e. The number of hydrogen-bond donors (Lipinski definition) is 0. The molecule has 0 saturated heterocycles. The highest BCUT2D eigenvalue weighted by Crippen LogP contribution is 2.68. The third-order valence-corrected chi connectivity index (χ3v) is 24.6. The van der Waals surface area contributed by atoms with Crippen molar-refractivity contribution < 1.29 is 38.1 Å². The number of allylic oxidation sites excluding steroid dienone is 4. The summed E-state index contributed by atoms with van der Waals surface area (Å²) in [4.78, 5) is 50.3. The molecule has 0 N–H and O–H groups in total. The lowest BCUT2D eigenvalue weighted by Crippen LogP contribution is -2.16. The van der Waals surface area contributed by atoms with Gasteiger partial charge in [0.15, 0.2) is 0 Å². The zero-order valence-corrected chi connectivity index (χ0v) is 40.9. The van der Waals surface area contributed by atoms with Gasteiger partial charge in [-0.3, -0.25) is 0 Å². The Bertz CT molecular complexity index is 2540. The lowest BCUT2D eigenvalue weighted by atomic mass is 9.99. The fourth-order valence-electron chi connectivity index (χ4n) is 6.06. The van der Waals surface area contributed by atoms with E-state index in [1.165, 1.54) is 133 Å². The normalized spacial score (nSPS) is 18.7. The van der Waals surface area contributed by atoms with E-state index in [1.54, 1.807) is 47.0 Å². The first-order valence-corrected chi connectivity index (χ1v) is 26.9. The molecule has 0 radical (unpaired) electrons. The summed E-state index contributed by atoms with van der Waals surface area (Å²) in [5.74, 6) is -2.22. The molecule has 0 atom stereocenters. The quantitative estimate of drug-likeness (QED) is 0.133. The molecule has 20 heteroatoms. The van der Waals surface area contributed by atoms with E-state index < -0.39 is 23.9 Å². The monoisotopic (exact) mass is 1020 g/mol. The van der Waals surface area contributed by atoms with Gasteiger partial charge in [0.2, 0.25) is 0 Å². The van der Waals surface area contributed by atoms with E-state index in [0.717, 1.165) is 16.9 Å². The van der Waals surface area contributed by atoms with E-state index in [1.807, 2.05) is 71.4 Å². The summed E-state index contributed by atoms with van der Waals surface area (Å²) in [7, 11) is 5.20. The van der Waals surface area contributed by atoms with Crippen LogP contribution < -0.4 is 10.4 Å². The van der Waals surface area contributed by atoms with Crippen LogP contribution in [0.4, 0.5) is 0 Å². The number of fused-ring (bicyclic) bond motifs is 2. The van der Waals surface area contributed by atoms with Gasteiger partial charge in [0.1, 0.15) is 19.6 Å². The molecule has 0 spiro atoms. The zero-order chi connectivity index (χ0) is 41.7. The fourth-order valence-corrected chi connectivity index (χ4v) is 23.2. The first-order valence-electron chi connectivity index (χ1n) is 17.1. The van der Waals surface area contributed by atoms with E-state index >= 15 is 0 Å². The van der Waals surface area contributed by atoms with Gasteiger partial charge in [-0.2, -0.15) is 0 Å². The predicted octanol–water partition coefficient (Wildman–Crippen LogP) is 11.7. The van der Waals surface area contributed by atoms with Gasteiger partial charge in [-0.05, 0) is 45.8 Å². The van der Waals surface area contributed by atoms with Crippen LogP contribution in [0.2, 0.25) is 0 Å². The molecule has 0 saturated carbocycles. The average Bonchev–Trinajstić information content (AvgIpc) is 4.13. The Morgan fingerprint density at radius 1 is 0.350 bits per heavy atom. The Morgan fingerprint density at radius 3 is 0.817 bits per heavy atom. The van der Waals surface area contributed by atoms with Gasteiger partial charge < -0.3 is 18.9 Å². The van der Waals surface area contributed by atoms with Crippen molar-refractivity contribution in [2.45, 2.75) is 0 Å². The van der Waals surface area contributed by atoms with Gasteiger partial charge in [0, 0.05) is 10.4 Å². The molecule has 0 unspecified atom stereocenters. The lowest BCUT2D eigenvalue weighted by Gasteiger charge is -2.12. The average molecular weight is 1020 g/mol. The number of methoxy groups -OCH3 is 4. The van der Waals surface area contributed by atoms with Crippen LogP contribution in [0.3, 0.4) is 0 Å². The first kappa shape index (κ1) is 43.2. The van der Waals surface area contributed by atoms with Crippen molar-refractivity contribution in [3.63, 3.8) is 0 Å². The topological polar surface area (TPSA) is 105 Å². The van der Waals surface area contributed by atoms with Crippen molar-refractivity contribution in [3.05, 3.63) is 137 Å². The number of rotatable bonds is 6. The minimum atomic E-state index is -0.555. The van der Waals surface area contributed by atoms with Crippen LogP contribution in [-0.4, -0.2) is 52.3 Å². The molecular formula is C40H24O8S12. The maximum atomic E-state index is 12.3. The van der Waals surface area contributed by atoms with Crippen LogP contribution >= 0.6 is 141 Å². The zero-order valence-electron chi connectivity index (χ0n) is 31.1. The van der Waals surface area contributed by atoms with Crippen molar-refractivity contribution in [1.82, 2.24) is 0 Å². The van der Waals surface area contributed by atoms with Crippen molar-refractivity contribution in [1.29, 1.82) is 0 Å². The summed E-state index contributed by atoms with van der Waals surface area (Å²) in [6.07, 6.45) is 7.97. The van der Waals surface area contributed by atoms with Gasteiger partial charge in [0.05, 0.1) is 70.8 Å². The summed E-state index contributed by atoms with van der Waals surface area (Å²) in [5.41, 5.74) is 0. The number of ether oxygens (including phenoxy) is 4. The summed E-state index contributed by atoms with van der Waals surface area (Å²) in [6.45, 7) is 0. The highest BCUT2D eigenvalue weighted by molar-refractivity contribution is 8.52. The second kappa shape index (κ2) is 18.6. The van der Waals surface area contributed by atoms with Gasteiger partial charge in [-0.15, -0.1) is 0 Å². The van der Waals surface area contributed by atoms with Gasteiger partial charge in [-0.1, -0.05) is 190 Å². The van der Waals surface area contributed by atoms with Crippen LogP contribution in [0.1, 0.15) is 0 Å². The highest BCUT2D eigenvalue weighted by Gasteiger charge is 2.36. The number of esters is 4. The van der Waals surface area contributed by atoms with E-state index in [4.69, 9.17) is 18.9 Å². The van der Waals surface area contributed by atoms with Gasteiger partial charge in [0.25, 0.3) is 0 Å². The van der Waals surface area contributed by atoms with E-state index in [-0.39, 0.29) is 19.6 Å². The molecule has 60 heavy (non-hydrogen) atoms. The summed E-state index contributed by atoms with van der Waals surface area (Å²) in [6, 6.07) is 17.4.